The van der Waals surface area contributed by atoms with Crippen molar-refractivity contribution in [2.75, 3.05) is 6.61 Å². The molecule has 0 aliphatic rings. The minimum absolute atomic E-state index is 0.0916. The van der Waals surface area contributed by atoms with Crippen LogP contribution in [0, 0.1) is 15.9 Å². The van der Waals surface area contributed by atoms with Gasteiger partial charge in [0.05, 0.1) is 17.6 Å². The molecule has 0 saturated carbocycles. The predicted molar refractivity (Wildman–Crippen MR) is 44.2 cm³/mol. The number of halogens is 1. The number of nitrogens with zero attached hydrogens (tertiary/aromatic N) is 1. The molecule has 0 N–H and O–H groups in total. The first kappa shape index (κ1) is 9.44. The standard InChI is InChI=1S/C8H8FNO3/c1-2-13-8-4-3-6(9)5-7(8)10(11)12/h3-5H,2H2,1H3. The number of ether oxygens (including phenoxy) is 1. The van der Waals surface area contributed by atoms with E-state index in [2.05, 4.69) is 0 Å². The number of hydrogen-bond donors (Lipinski definition) is 0. The summed E-state index contributed by atoms with van der Waals surface area (Å²) < 4.78 is 17.5. The van der Waals surface area contributed by atoms with Gasteiger partial charge in [0.15, 0.2) is 5.75 Å². The van der Waals surface area contributed by atoms with Gasteiger partial charge >= 0.3 is 5.69 Å². The molecule has 5 heteroatoms. The summed E-state index contributed by atoms with van der Waals surface area (Å²) in [5.41, 5.74) is -0.346. The van der Waals surface area contributed by atoms with Crippen LogP contribution >= 0.6 is 0 Å². The Morgan fingerprint density at radius 3 is 2.85 bits per heavy atom. The Bertz CT molecular complexity index is 327. The van der Waals surface area contributed by atoms with E-state index < -0.39 is 10.7 Å². The number of nitro groups is 1. The van der Waals surface area contributed by atoms with Gasteiger partial charge in [0.25, 0.3) is 0 Å². The second-order valence-electron chi connectivity index (χ2n) is 2.30. The van der Waals surface area contributed by atoms with Crippen molar-refractivity contribution in [2.24, 2.45) is 0 Å². The van der Waals surface area contributed by atoms with Crippen LogP contribution in [-0.2, 0) is 0 Å². The quantitative estimate of drug-likeness (QED) is 0.535. The molecule has 0 saturated heterocycles. The van der Waals surface area contributed by atoms with Crippen molar-refractivity contribution >= 4 is 5.69 Å². The molecule has 0 aliphatic heterocycles. The molecular formula is C8H8FNO3. The molecule has 1 aromatic rings. The maximum atomic E-state index is 12.6. The fraction of sp³-hybridized carbons (Fsp3) is 0.250. The van der Waals surface area contributed by atoms with E-state index in [-0.39, 0.29) is 11.4 Å². The van der Waals surface area contributed by atoms with Crippen LogP contribution in [0.15, 0.2) is 18.2 Å². The summed E-state index contributed by atoms with van der Waals surface area (Å²) in [6.07, 6.45) is 0. The van der Waals surface area contributed by atoms with Gasteiger partial charge in [-0.15, -0.1) is 0 Å². The highest BCUT2D eigenvalue weighted by atomic mass is 19.1. The van der Waals surface area contributed by atoms with Crippen LogP contribution in [0.3, 0.4) is 0 Å². The minimum atomic E-state index is -0.673. The van der Waals surface area contributed by atoms with Crippen LogP contribution in [-0.4, -0.2) is 11.5 Å². The Kier molecular flexibility index (Phi) is 2.79. The second-order valence-corrected chi connectivity index (χ2v) is 2.30. The molecule has 4 nitrogen and oxygen atoms in total. The molecule has 0 atom stereocenters. The Morgan fingerprint density at radius 1 is 1.62 bits per heavy atom. The average molecular weight is 185 g/mol. The van der Waals surface area contributed by atoms with E-state index in [1.807, 2.05) is 0 Å². The van der Waals surface area contributed by atoms with Crippen LogP contribution < -0.4 is 4.74 Å². The Hall–Kier alpha value is -1.65. The van der Waals surface area contributed by atoms with Crippen LogP contribution in [0.1, 0.15) is 6.92 Å². The first-order valence-corrected chi connectivity index (χ1v) is 3.72. The minimum Gasteiger partial charge on any atom is -0.487 e. The molecule has 0 bridgehead atoms. The normalized spacial score (nSPS) is 9.69. The van der Waals surface area contributed by atoms with Crippen molar-refractivity contribution in [3.05, 3.63) is 34.1 Å². The molecule has 0 radical (unpaired) electrons. The van der Waals surface area contributed by atoms with Gasteiger partial charge in [-0.1, -0.05) is 0 Å². The van der Waals surface area contributed by atoms with E-state index >= 15 is 0 Å². The Labute approximate surface area is 74.1 Å². The summed E-state index contributed by atoms with van der Waals surface area (Å²) in [6.45, 7) is 2.01. The second kappa shape index (κ2) is 3.84. The van der Waals surface area contributed by atoms with E-state index in [0.29, 0.717) is 6.61 Å². The van der Waals surface area contributed by atoms with Gasteiger partial charge in [-0.05, 0) is 19.1 Å². The molecule has 1 aromatic carbocycles. The van der Waals surface area contributed by atoms with Crippen molar-refractivity contribution in [3.63, 3.8) is 0 Å². The topological polar surface area (TPSA) is 52.4 Å². The Morgan fingerprint density at radius 2 is 2.31 bits per heavy atom. The molecule has 0 aliphatic carbocycles. The monoisotopic (exact) mass is 185 g/mol. The van der Waals surface area contributed by atoms with E-state index in [0.717, 1.165) is 12.1 Å². The highest BCUT2D eigenvalue weighted by Gasteiger charge is 2.15. The van der Waals surface area contributed by atoms with Gasteiger partial charge in [-0.3, -0.25) is 10.1 Å². The third-order valence-corrected chi connectivity index (χ3v) is 1.42. The largest absolute Gasteiger partial charge is 0.487 e. The zero-order valence-electron chi connectivity index (χ0n) is 6.99. The van der Waals surface area contributed by atoms with Gasteiger partial charge < -0.3 is 4.74 Å². The lowest BCUT2D eigenvalue weighted by Crippen LogP contribution is -1.97. The molecule has 0 amide bonds. The number of benzene rings is 1. The van der Waals surface area contributed by atoms with Gasteiger partial charge in [-0.2, -0.15) is 0 Å². The first-order chi connectivity index (χ1) is 6.15. The average Bonchev–Trinajstić information content (AvgIpc) is 2.08. The summed E-state index contributed by atoms with van der Waals surface area (Å²) in [5, 5.41) is 10.4. The lowest BCUT2D eigenvalue weighted by Gasteiger charge is -2.02. The maximum Gasteiger partial charge on any atom is 0.313 e. The van der Waals surface area contributed by atoms with Crippen molar-refractivity contribution in [2.45, 2.75) is 6.92 Å². The highest BCUT2D eigenvalue weighted by Crippen LogP contribution is 2.27. The van der Waals surface area contributed by atoms with Gasteiger partial charge in [0.1, 0.15) is 5.82 Å². The fourth-order valence-corrected chi connectivity index (χ4v) is 0.911. The number of hydrogen-bond acceptors (Lipinski definition) is 3. The molecule has 0 aromatic heterocycles. The molecule has 0 unspecified atom stereocenters. The maximum absolute atomic E-state index is 12.6. The summed E-state index contributed by atoms with van der Waals surface area (Å²) >= 11 is 0. The van der Waals surface area contributed by atoms with Crippen molar-refractivity contribution in [3.8, 4) is 5.75 Å². The van der Waals surface area contributed by atoms with Gasteiger partial charge in [-0.25, -0.2) is 4.39 Å². The fourth-order valence-electron chi connectivity index (χ4n) is 0.911. The molecule has 0 fully saturated rings. The van der Waals surface area contributed by atoms with Crippen LogP contribution in [0.4, 0.5) is 10.1 Å². The van der Waals surface area contributed by atoms with Crippen LogP contribution in [0.25, 0.3) is 0 Å². The van der Waals surface area contributed by atoms with Crippen molar-refractivity contribution in [1.29, 1.82) is 0 Å². The van der Waals surface area contributed by atoms with Crippen LogP contribution in [0.5, 0.6) is 5.75 Å². The van der Waals surface area contributed by atoms with Gasteiger partial charge in [0, 0.05) is 0 Å². The summed E-state index contributed by atoms with van der Waals surface area (Å²) in [5.74, 6) is -0.552. The zero-order valence-corrected chi connectivity index (χ0v) is 6.99. The lowest BCUT2D eigenvalue weighted by molar-refractivity contribution is -0.386. The van der Waals surface area contributed by atoms with Crippen molar-refractivity contribution < 1.29 is 14.1 Å². The molecule has 70 valence electrons. The SMILES string of the molecule is CCOc1ccc(F)cc1[N+](=O)[O-]. The molecule has 0 heterocycles. The van der Waals surface area contributed by atoms with E-state index in [9.17, 15) is 14.5 Å². The Balaban J connectivity index is 3.10. The number of rotatable bonds is 3. The van der Waals surface area contributed by atoms with Crippen LogP contribution in [0.2, 0.25) is 0 Å². The predicted octanol–water partition coefficient (Wildman–Crippen LogP) is 2.13. The molecule has 0 spiro atoms. The molecule has 13 heavy (non-hydrogen) atoms. The third kappa shape index (κ3) is 2.14. The summed E-state index contributed by atoms with van der Waals surface area (Å²) in [7, 11) is 0. The molecule has 1 rings (SSSR count). The third-order valence-electron chi connectivity index (χ3n) is 1.42. The first-order valence-electron chi connectivity index (χ1n) is 3.72. The highest BCUT2D eigenvalue weighted by molar-refractivity contribution is 5.46. The van der Waals surface area contributed by atoms with E-state index in [4.69, 9.17) is 4.74 Å². The van der Waals surface area contributed by atoms with Crippen molar-refractivity contribution in [1.82, 2.24) is 0 Å². The molecular weight excluding hydrogens is 177 g/mol. The van der Waals surface area contributed by atoms with E-state index in [1.54, 1.807) is 6.92 Å². The lowest BCUT2D eigenvalue weighted by atomic mass is 10.3. The zero-order chi connectivity index (χ0) is 9.84. The number of nitro benzene ring substituents is 1. The van der Waals surface area contributed by atoms with Gasteiger partial charge in [0.2, 0.25) is 0 Å². The summed E-state index contributed by atoms with van der Waals surface area (Å²) in [4.78, 5) is 9.74. The van der Waals surface area contributed by atoms with E-state index in [1.165, 1.54) is 6.07 Å². The smallest absolute Gasteiger partial charge is 0.313 e. The summed E-state index contributed by atoms with van der Waals surface area (Å²) in [6, 6.07) is 3.21.